The van der Waals surface area contributed by atoms with Crippen LogP contribution in [0.1, 0.15) is 75.1 Å². The van der Waals surface area contributed by atoms with Crippen molar-refractivity contribution >= 4 is 0 Å². The van der Waals surface area contributed by atoms with E-state index in [1.807, 2.05) is 42.5 Å². The van der Waals surface area contributed by atoms with Crippen molar-refractivity contribution in [3.63, 3.8) is 0 Å². The fraction of sp³-hybridized carbons (Fsp3) is 0.230. The maximum atomic E-state index is 9.97. The average molecular weight is 826 g/mol. The van der Waals surface area contributed by atoms with Gasteiger partial charge in [-0.1, -0.05) is 178 Å². The monoisotopic (exact) mass is 825 g/mol. The molecular weight excluding hydrogens is 775 g/mol. The van der Waals surface area contributed by atoms with E-state index in [1.165, 1.54) is 71.0 Å². The number of hydrogen-bond acceptors (Lipinski definition) is 3. The standard InChI is InChI=1S/C61H51N3/c1-60(2,3)47-34-52(42-23-21-40(22-24-42)50-18-11-10-17-46(50)37-62)58-53(35-47)57-51(19-12-20-54(57)61(58)48-30-38-29-39(32-48)33-49(61)31-38)41-25-27-44(28-26-41)56-36-55(43-13-6-4-7-14-43)63-59(64-56)45-15-8-5-9-16-45/h4-28,34-36,38-39,48-49H,29-33H2,1-3H3. The highest BCUT2D eigenvalue weighted by Crippen LogP contribution is 2.71. The Hall–Kier alpha value is -6.89. The minimum atomic E-state index is -0.0548. The Balaban J connectivity index is 1.03. The van der Waals surface area contributed by atoms with E-state index in [2.05, 4.69) is 154 Å². The number of aromatic nitrogens is 2. The molecule has 0 atom stereocenters. The number of fused-ring (bicyclic) bond motifs is 3. The van der Waals surface area contributed by atoms with E-state index in [1.54, 1.807) is 11.1 Å². The maximum Gasteiger partial charge on any atom is 0.160 e. The Morgan fingerprint density at radius 2 is 0.984 bits per heavy atom. The highest BCUT2D eigenvalue weighted by molar-refractivity contribution is 5.97. The largest absolute Gasteiger partial charge is 0.228 e. The van der Waals surface area contributed by atoms with E-state index >= 15 is 0 Å². The lowest BCUT2D eigenvalue weighted by molar-refractivity contribution is -0.0397. The molecule has 64 heavy (non-hydrogen) atoms. The highest BCUT2D eigenvalue weighted by atomic mass is 14.9. The lowest BCUT2D eigenvalue weighted by Gasteiger charge is -2.61. The summed E-state index contributed by atoms with van der Waals surface area (Å²) in [5, 5.41) is 9.97. The SMILES string of the molecule is CC(C)(C)c1cc(-c2ccc(-c3ccccc3C#N)cc2)c2c(c1)-c1c(-c3ccc(-c4cc(-c5ccccc5)nc(-c5ccccc5)n4)cc3)cccc1C21C2CC3CC(C2)CC1C3. The summed E-state index contributed by atoms with van der Waals surface area (Å²) in [6.45, 7) is 7.08. The van der Waals surface area contributed by atoms with Gasteiger partial charge in [0.1, 0.15) is 0 Å². The summed E-state index contributed by atoms with van der Waals surface area (Å²) >= 11 is 0. The van der Waals surface area contributed by atoms with Gasteiger partial charge < -0.3 is 0 Å². The van der Waals surface area contributed by atoms with Crippen molar-refractivity contribution in [2.45, 2.75) is 63.7 Å². The Morgan fingerprint density at radius 1 is 0.484 bits per heavy atom. The zero-order chi connectivity index (χ0) is 43.2. The molecule has 0 radical (unpaired) electrons. The molecule has 5 aliphatic rings. The lowest BCUT2D eigenvalue weighted by Crippen LogP contribution is -2.55. The van der Waals surface area contributed by atoms with Crippen LogP contribution in [0.5, 0.6) is 0 Å². The first kappa shape index (κ1) is 38.8. The number of nitriles is 1. The van der Waals surface area contributed by atoms with Crippen molar-refractivity contribution < 1.29 is 0 Å². The Kier molecular flexibility index (Phi) is 9.00. The summed E-state index contributed by atoms with van der Waals surface area (Å²) < 4.78 is 0. The molecule has 4 bridgehead atoms. The summed E-state index contributed by atoms with van der Waals surface area (Å²) in [6.07, 6.45) is 6.71. The van der Waals surface area contributed by atoms with Gasteiger partial charge in [-0.25, -0.2) is 9.97 Å². The minimum absolute atomic E-state index is 0.0332. The third-order valence-corrected chi connectivity index (χ3v) is 15.5. The molecule has 0 N–H and O–H groups in total. The zero-order valence-electron chi connectivity index (χ0n) is 36.9. The van der Waals surface area contributed by atoms with Gasteiger partial charge in [-0.15, -0.1) is 0 Å². The van der Waals surface area contributed by atoms with E-state index in [0.717, 1.165) is 56.9 Å². The summed E-state index contributed by atoms with van der Waals surface area (Å²) in [5.41, 5.74) is 20.2. The first-order valence-corrected chi connectivity index (χ1v) is 23.3. The van der Waals surface area contributed by atoms with Crippen LogP contribution in [-0.4, -0.2) is 9.97 Å². The first-order valence-electron chi connectivity index (χ1n) is 23.3. The van der Waals surface area contributed by atoms with E-state index in [9.17, 15) is 5.26 Å². The molecule has 3 heteroatoms. The molecule has 1 heterocycles. The van der Waals surface area contributed by atoms with Crippen LogP contribution in [0.3, 0.4) is 0 Å². The van der Waals surface area contributed by atoms with Crippen LogP contribution in [0.25, 0.3) is 78.4 Å². The molecule has 0 amide bonds. The highest BCUT2D eigenvalue weighted by Gasteiger charge is 2.62. The van der Waals surface area contributed by atoms with Gasteiger partial charge in [0.15, 0.2) is 5.82 Å². The smallest absolute Gasteiger partial charge is 0.160 e. The number of hydrogen-bond donors (Lipinski definition) is 0. The van der Waals surface area contributed by atoms with Gasteiger partial charge in [0, 0.05) is 22.1 Å². The van der Waals surface area contributed by atoms with Crippen molar-refractivity contribution in [1.82, 2.24) is 9.97 Å². The first-order chi connectivity index (χ1) is 31.3. The van der Waals surface area contributed by atoms with Crippen LogP contribution in [0, 0.1) is 35.0 Å². The predicted octanol–water partition coefficient (Wildman–Crippen LogP) is 15.4. The van der Waals surface area contributed by atoms with Crippen LogP contribution < -0.4 is 0 Å². The molecule has 4 saturated carbocycles. The zero-order valence-corrected chi connectivity index (χ0v) is 36.9. The molecule has 7 aromatic carbocycles. The molecule has 8 aromatic rings. The fourth-order valence-corrected chi connectivity index (χ4v) is 12.8. The van der Waals surface area contributed by atoms with Crippen LogP contribution in [-0.2, 0) is 10.8 Å². The molecule has 5 aliphatic carbocycles. The fourth-order valence-electron chi connectivity index (χ4n) is 12.8. The Bertz CT molecular complexity index is 3040. The van der Waals surface area contributed by atoms with Gasteiger partial charge in [-0.2, -0.15) is 5.26 Å². The molecule has 13 rings (SSSR count). The van der Waals surface area contributed by atoms with E-state index in [-0.39, 0.29) is 10.8 Å². The minimum Gasteiger partial charge on any atom is -0.228 e. The van der Waals surface area contributed by atoms with Crippen molar-refractivity contribution in [3.05, 3.63) is 192 Å². The Labute approximate surface area is 377 Å². The summed E-state index contributed by atoms with van der Waals surface area (Å²) in [4.78, 5) is 10.2. The van der Waals surface area contributed by atoms with Gasteiger partial charge in [0.25, 0.3) is 0 Å². The van der Waals surface area contributed by atoms with Gasteiger partial charge in [0.05, 0.1) is 23.0 Å². The van der Waals surface area contributed by atoms with E-state index in [4.69, 9.17) is 9.97 Å². The number of benzene rings is 7. The summed E-state index contributed by atoms with van der Waals surface area (Å²) in [5.74, 6) is 3.67. The normalized spacial score (nSPS) is 21.4. The van der Waals surface area contributed by atoms with Crippen molar-refractivity contribution in [1.29, 1.82) is 5.26 Å². The third kappa shape index (κ3) is 6.14. The molecule has 4 fully saturated rings. The van der Waals surface area contributed by atoms with Crippen LogP contribution in [0.2, 0.25) is 0 Å². The average Bonchev–Trinajstić information content (AvgIpc) is 3.64. The van der Waals surface area contributed by atoms with Gasteiger partial charge >= 0.3 is 0 Å². The maximum absolute atomic E-state index is 9.97. The number of nitrogens with zero attached hydrogens (tertiary/aromatic N) is 3. The quantitative estimate of drug-likeness (QED) is 0.168. The third-order valence-electron chi connectivity index (χ3n) is 15.5. The molecular formula is C61H51N3. The second-order valence-electron chi connectivity index (χ2n) is 20.1. The Morgan fingerprint density at radius 3 is 1.59 bits per heavy atom. The molecule has 1 spiro atoms. The summed E-state index contributed by atoms with van der Waals surface area (Å²) in [7, 11) is 0. The molecule has 0 aliphatic heterocycles. The molecule has 1 aromatic heterocycles. The van der Waals surface area contributed by atoms with Crippen molar-refractivity contribution in [3.8, 4) is 84.5 Å². The number of rotatable bonds is 6. The van der Waals surface area contributed by atoms with Crippen molar-refractivity contribution in [2.75, 3.05) is 0 Å². The topological polar surface area (TPSA) is 49.6 Å². The molecule has 310 valence electrons. The second kappa shape index (κ2) is 14.9. The van der Waals surface area contributed by atoms with Crippen LogP contribution in [0.15, 0.2) is 170 Å². The van der Waals surface area contributed by atoms with E-state index in [0.29, 0.717) is 17.4 Å². The summed E-state index contributed by atoms with van der Waals surface area (Å²) in [6, 6.07) is 64.0. The van der Waals surface area contributed by atoms with Gasteiger partial charge in [0.2, 0.25) is 0 Å². The predicted molar refractivity (Wildman–Crippen MR) is 261 cm³/mol. The van der Waals surface area contributed by atoms with Gasteiger partial charge in [-0.05, 0) is 135 Å². The van der Waals surface area contributed by atoms with Crippen molar-refractivity contribution in [2.24, 2.45) is 23.7 Å². The van der Waals surface area contributed by atoms with Crippen LogP contribution >= 0.6 is 0 Å². The molecule has 0 unspecified atom stereocenters. The van der Waals surface area contributed by atoms with E-state index < -0.39 is 0 Å². The molecule has 3 nitrogen and oxygen atoms in total. The van der Waals surface area contributed by atoms with Gasteiger partial charge in [-0.3, -0.25) is 0 Å². The molecule has 0 saturated heterocycles. The second-order valence-corrected chi connectivity index (χ2v) is 20.1. The lowest BCUT2D eigenvalue weighted by atomic mass is 9.42. The van der Waals surface area contributed by atoms with Crippen LogP contribution in [0.4, 0.5) is 0 Å².